The predicted molar refractivity (Wildman–Crippen MR) is 88.8 cm³/mol. The molecule has 0 amide bonds. The molecule has 0 saturated carbocycles. The van der Waals surface area contributed by atoms with E-state index < -0.39 is 15.2 Å². The van der Waals surface area contributed by atoms with Gasteiger partial charge in [0.2, 0.25) is 0 Å². The van der Waals surface area contributed by atoms with Gasteiger partial charge in [-0.3, -0.25) is 4.79 Å². The molecule has 1 aromatic carbocycles. The van der Waals surface area contributed by atoms with Crippen molar-refractivity contribution < 1.29 is 13.2 Å². The first-order valence-electron chi connectivity index (χ1n) is 6.83. The van der Waals surface area contributed by atoms with E-state index >= 15 is 0 Å². The number of carbonyl (C=O) groups excluding carboxylic acids is 1. The lowest BCUT2D eigenvalue weighted by Gasteiger charge is -2.36. The highest BCUT2D eigenvalue weighted by atomic mass is 32.2. The summed E-state index contributed by atoms with van der Waals surface area (Å²) in [6.45, 7) is 3.79. The molecule has 1 atom stereocenters. The molecular weight excluding hydrogens is 308 g/mol. The summed E-state index contributed by atoms with van der Waals surface area (Å²) in [5, 5.41) is -0.524. The summed E-state index contributed by atoms with van der Waals surface area (Å²) in [4.78, 5) is 13.3. The number of hydrogen-bond donors (Lipinski definition) is 1. The van der Waals surface area contributed by atoms with Crippen LogP contribution < -0.4 is 10.6 Å². The Bertz CT molecular complexity index is 644. The summed E-state index contributed by atoms with van der Waals surface area (Å²) in [6, 6.07) is 5.15. The lowest BCUT2D eigenvalue weighted by molar-refractivity contribution is 0.101. The number of anilines is 2. The average molecular weight is 328 g/mol. The second-order valence-corrected chi connectivity index (χ2v) is 8.60. The van der Waals surface area contributed by atoms with E-state index in [0.29, 0.717) is 23.5 Å². The third-order valence-corrected chi connectivity index (χ3v) is 6.94. The van der Waals surface area contributed by atoms with Gasteiger partial charge in [-0.1, -0.05) is 6.92 Å². The molecule has 0 aliphatic carbocycles. The zero-order chi connectivity index (χ0) is 15.6. The van der Waals surface area contributed by atoms with Crippen molar-refractivity contribution in [1.82, 2.24) is 0 Å². The molecule has 7 heteroatoms. The first kappa shape index (κ1) is 16.2. The number of sulfone groups is 1. The molecule has 1 aliphatic heterocycles. The number of carbonyl (C=O) groups is 1. The highest BCUT2D eigenvalue weighted by Gasteiger charge is 2.33. The van der Waals surface area contributed by atoms with Crippen molar-refractivity contribution in [3.63, 3.8) is 0 Å². The van der Waals surface area contributed by atoms with E-state index in [4.69, 9.17) is 5.73 Å². The maximum atomic E-state index is 12.3. The number of nitrogens with zero attached hydrogens (tertiary/aromatic N) is 1. The molecule has 2 N–H and O–H groups in total. The quantitative estimate of drug-likeness (QED) is 0.670. The molecule has 1 saturated heterocycles. The molecule has 0 bridgehead atoms. The number of hydrogen-bond acceptors (Lipinski definition) is 6. The zero-order valence-corrected chi connectivity index (χ0v) is 13.8. The number of nitrogen functional groups attached to an aromatic ring is 1. The highest BCUT2D eigenvalue weighted by molar-refractivity contribution is 8.01. The van der Waals surface area contributed by atoms with Crippen molar-refractivity contribution in [2.24, 2.45) is 0 Å². The number of nitrogens with two attached hydrogens (primary N) is 1. The van der Waals surface area contributed by atoms with E-state index in [1.165, 1.54) is 6.92 Å². The van der Waals surface area contributed by atoms with Crippen LogP contribution in [0, 0.1) is 0 Å². The Morgan fingerprint density at radius 2 is 2.19 bits per heavy atom. The van der Waals surface area contributed by atoms with Crippen molar-refractivity contribution in [1.29, 1.82) is 0 Å². The number of benzene rings is 1. The summed E-state index contributed by atoms with van der Waals surface area (Å²) >= 11 is 1.65. The van der Waals surface area contributed by atoms with Crippen molar-refractivity contribution in [2.75, 3.05) is 34.4 Å². The summed E-state index contributed by atoms with van der Waals surface area (Å²) in [7, 11) is -3.16. The Balaban J connectivity index is 2.38. The molecule has 2 rings (SSSR count). The van der Waals surface area contributed by atoms with Gasteiger partial charge >= 0.3 is 0 Å². The Kier molecular flexibility index (Phi) is 4.83. The molecule has 0 spiro atoms. The van der Waals surface area contributed by atoms with Gasteiger partial charge in [-0.15, -0.1) is 0 Å². The summed E-state index contributed by atoms with van der Waals surface area (Å²) in [5.74, 6) is 1.47. The molecule has 0 aromatic heterocycles. The van der Waals surface area contributed by atoms with Crippen LogP contribution in [0.3, 0.4) is 0 Å². The van der Waals surface area contributed by atoms with E-state index in [2.05, 4.69) is 0 Å². The minimum atomic E-state index is -3.16. The van der Waals surface area contributed by atoms with Crippen LogP contribution in [0.5, 0.6) is 0 Å². The van der Waals surface area contributed by atoms with Crippen LogP contribution in [0.25, 0.3) is 0 Å². The SMILES string of the molecule is CCS(=O)(=O)C1CSCCN1c1ccc(C(C)=O)c(N)c1. The Morgan fingerprint density at radius 3 is 2.76 bits per heavy atom. The lowest BCUT2D eigenvalue weighted by Crippen LogP contribution is -2.48. The monoisotopic (exact) mass is 328 g/mol. The molecule has 5 nitrogen and oxygen atoms in total. The summed E-state index contributed by atoms with van der Waals surface area (Å²) < 4.78 is 24.5. The molecule has 21 heavy (non-hydrogen) atoms. The van der Waals surface area contributed by atoms with Crippen LogP contribution in [0.1, 0.15) is 24.2 Å². The van der Waals surface area contributed by atoms with Crippen molar-refractivity contribution in [3.8, 4) is 0 Å². The smallest absolute Gasteiger partial charge is 0.171 e. The minimum absolute atomic E-state index is 0.0917. The number of rotatable bonds is 4. The van der Waals surface area contributed by atoms with Gasteiger partial charge in [0.25, 0.3) is 0 Å². The van der Waals surface area contributed by atoms with Crippen LogP contribution in [0.15, 0.2) is 18.2 Å². The van der Waals surface area contributed by atoms with Gasteiger partial charge < -0.3 is 10.6 Å². The summed E-state index contributed by atoms with van der Waals surface area (Å²) in [5.41, 5.74) is 7.54. The second-order valence-electron chi connectivity index (χ2n) is 5.00. The average Bonchev–Trinajstić information content (AvgIpc) is 2.46. The van der Waals surface area contributed by atoms with Crippen molar-refractivity contribution in [2.45, 2.75) is 19.2 Å². The predicted octanol–water partition coefficient (Wildman–Crippen LogP) is 1.79. The van der Waals surface area contributed by atoms with Crippen molar-refractivity contribution >= 4 is 38.8 Å². The van der Waals surface area contributed by atoms with Crippen LogP contribution >= 0.6 is 11.8 Å². The highest BCUT2D eigenvalue weighted by Crippen LogP contribution is 2.29. The third kappa shape index (κ3) is 3.35. The first-order chi connectivity index (χ1) is 9.86. The fourth-order valence-corrected chi connectivity index (χ4v) is 5.41. The standard InChI is InChI=1S/C14H20N2O3S2/c1-3-21(18,19)14-9-20-7-6-16(14)11-4-5-12(10(2)17)13(15)8-11/h4-5,8,14H,3,6-7,9,15H2,1-2H3. The van der Waals surface area contributed by atoms with Gasteiger partial charge in [-0.05, 0) is 25.1 Å². The Hall–Kier alpha value is -1.21. The number of Topliss-reactive ketones (excluding diaryl/α,β-unsaturated/α-hetero) is 1. The van der Waals surface area contributed by atoms with Gasteiger partial charge in [0.1, 0.15) is 5.37 Å². The number of thioether (sulfide) groups is 1. The van der Waals surface area contributed by atoms with E-state index in [9.17, 15) is 13.2 Å². The minimum Gasteiger partial charge on any atom is -0.398 e. The maximum absolute atomic E-state index is 12.3. The Labute approximate surface area is 129 Å². The molecule has 116 valence electrons. The van der Waals surface area contributed by atoms with Crippen LogP contribution in [0.4, 0.5) is 11.4 Å². The van der Waals surface area contributed by atoms with Gasteiger partial charge in [0.05, 0.1) is 0 Å². The van der Waals surface area contributed by atoms with Crippen LogP contribution in [-0.4, -0.2) is 43.4 Å². The zero-order valence-electron chi connectivity index (χ0n) is 12.2. The third-order valence-electron chi connectivity index (χ3n) is 3.65. The topological polar surface area (TPSA) is 80.5 Å². The van der Waals surface area contributed by atoms with Gasteiger partial charge in [0.15, 0.2) is 15.6 Å². The fourth-order valence-electron chi connectivity index (χ4n) is 2.42. The first-order valence-corrected chi connectivity index (χ1v) is 9.70. The number of ketones is 1. The van der Waals surface area contributed by atoms with E-state index in [1.807, 2.05) is 4.90 Å². The van der Waals surface area contributed by atoms with E-state index in [1.54, 1.807) is 36.9 Å². The van der Waals surface area contributed by atoms with Gasteiger partial charge in [-0.25, -0.2) is 8.42 Å². The van der Waals surface area contributed by atoms with E-state index in [-0.39, 0.29) is 11.5 Å². The molecule has 1 aliphatic rings. The largest absolute Gasteiger partial charge is 0.398 e. The molecule has 1 heterocycles. The normalized spacial score (nSPS) is 19.5. The van der Waals surface area contributed by atoms with Crippen LogP contribution in [0.2, 0.25) is 0 Å². The van der Waals surface area contributed by atoms with Crippen molar-refractivity contribution in [3.05, 3.63) is 23.8 Å². The fraction of sp³-hybridized carbons (Fsp3) is 0.500. The van der Waals surface area contributed by atoms with Crippen LogP contribution in [-0.2, 0) is 9.84 Å². The summed E-state index contributed by atoms with van der Waals surface area (Å²) in [6.07, 6.45) is 0. The molecule has 1 fully saturated rings. The van der Waals surface area contributed by atoms with Gasteiger partial charge in [-0.2, -0.15) is 11.8 Å². The second kappa shape index (κ2) is 6.27. The molecule has 0 radical (unpaired) electrons. The molecular formula is C14H20N2O3S2. The molecule has 1 unspecified atom stereocenters. The lowest BCUT2D eigenvalue weighted by atomic mass is 10.1. The Morgan fingerprint density at radius 1 is 1.48 bits per heavy atom. The molecule has 1 aromatic rings. The van der Waals surface area contributed by atoms with Gasteiger partial charge in [0, 0.05) is 40.7 Å². The maximum Gasteiger partial charge on any atom is 0.171 e. The van der Waals surface area contributed by atoms with E-state index in [0.717, 1.165) is 11.4 Å².